The quantitative estimate of drug-likeness (QED) is 0.564. The van der Waals surface area contributed by atoms with E-state index >= 15 is 0 Å². The van der Waals surface area contributed by atoms with Crippen molar-refractivity contribution in [2.75, 3.05) is 40.4 Å². The first kappa shape index (κ1) is 12.0. The van der Waals surface area contributed by atoms with Gasteiger partial charge in [-0.25, -0.2) is 0 Å². The van der Waals surface area contributed by atoms with E-state index in [0.29, 0.717) is 0 Å². The van der Waals surface area contributed by atoms with Gasteiger partial charge in [0.15, 0.2) is 0 Å². The van der Waals surface area contributed by atoms with Crippen LogP contribution in [0.4, 0.5) is 0 Å². The van der Waals surface area contributed by atoms with Gasteiger partial charge < -0.3 is 15.0 Å². The van der Waals surface area contributed by atoms with Gasteiger partial charge in [-0.05, 0) is 45.8 Å². The number of ether oxygens (including phenoxy) is 1. The van der Waals surface area contributed by atoms with Gasteiger partial charge in [-0.15, -0.1) is 0 Å². The minimum absolute atomic E-state index is 0.855. The minimum Gasteiger partial charge on any atom is -0.385 e. The summed E-state index contributed by atoms with van der Waals surface area (Å²) >= 11 is 0. The van der Waals surface area contributed by atoms with Gasteiger partial charge in [0, 0.05) is 26.3 Å². The van der Waals surface area contributed by atoms with E-state index in [9.17, 15) is 0 Å². The number of hydrogen-bond donors (Lipinski definition) is 1. The lowest BCUT2D eigenvalue weighted by Gasteiger charge is -2.16. The molecule has 0 spiro atoms. The Balaban J connectivity index is 1.78. The van der Waals surface area contributed by atoms with Crippen molar-refractivity contribution >= 4 is 0 Å². The molecule has 1 fully saturated rings. The maximum atomic E-state index is 5.02. The van der Waals surface area contributed by atoms with Crippen molar-refractivity contribution in [3.63, 3.8) is 0 Å². The second-order valence-electron chi connectivity index (χ2n) is 4.23. The number of nitrogens with zero attached hydrogens (tertiary/aromatic N) is 1. The summed E-state index contributed by atoms with van der Waals surface area (Å²) in [4.78, 5) is 2.38. The van der Waals surface area contributed by atoms with E-state index in [2.05, 4.69) is 17.3 Å². The Morgan fingerprint density at radius 2 is 2.00 bits per heavy atom. The minimum atomic E-state index is 0.855. The van der Waals surface area contributed by atoms with Crippen LogP contribution < -0.4 is 5.32 Å². The number of rotatable bonds is 9. The summed E-state index contributed by atoms with van der Waals surface area (Å²) in [7, 11) is 3.95. The highest BCUT2D eigenvalue weighted by atomic mass is 16.5. The number of nitrogens with one attached hydrogen (secondary N) is 1. The fourth-order valence-electron chi connectivity index (χ4n) is 1.53. The lowest BCUT2D eigenvalue weighted by molar-refractivity contribution is 0.179. The molecule has 3 nitrogen and oxygen atoms in total. The van der Waals surface area contributed by atoms with E-state index in [1.807, 2.05) is 0 Å². The summed E-state index contributed by atoms with van der Waals surface area (Å²) in [5, 5.41) is 3.53. The second kappa shape index (κ2) is 7.21. The molecule has 0 bridgehead atoms. The van der Waals surface area contributed by atoms with Gasteiger partial charge in [0.25, 0.3) is 0 Å². The first-order chi connectivity index (χ1) is 6.83. The summed E-state index contributed by atoms with van der Waals surface area (Å²) < 4.78 is 5.02. The molecular weight excluding hydrogens is 176 g/mol. The molecule has 0 radical (unpaired) electrons. The second-order valence-corrected chi connectivity index (χ2v) is 4.23. The monoisotopic (exact) mass is 200 g/mol. The largest absolute Gasteiger partial charge is 0.385 e. The molecule has 1 N–H and O–H groups in total. The van der Waals surface area contributed by atoms with Gasteiger partial charge in [-0.1, -0.05) is 0 Å². The molecule has 3 heteroatoms. The first-order valence-electron chi connectivity index (χ1n) is 5.74. The summed E-state index contributed by atoms with van der Waals surface area (Å²) in [6, 6.07) is 0.855. The van der Waals surface area contributed by atoms with Crippen molar-refractivity contribution in [2.24, 2.45) is 0 Å². The zero-order valence-electron chi connectivity index (χ0n) is 9.59. The lowest BCUT2D eigenvalue weighted by atomic mass is 10.3. The van der Waals surface area contributed by atoms with E-state index in [0.717, 1.165) is 25.6 Å². The summed E-state index contributed by atoms with van der Waals surface area (Å²) in [6.45, 7) is 4.41. The Kier molecular flexibility index (Phi) is 6.15. The third-order valence-corrected chi connectivity index (χ3v) is 2.62. The van der Waals surface area contributed by atoms with Gasteiger partial charge in [-0.3, -0.25) is 0 Å². The van der Waals surface area contributed by atoms with E-state index < -0.39 is 0 Å². The van der Waals surface area contributed by atoms with Crippen molar-refractivity contribution in [3.05, 3.63) is 0 Å². The van der Waals surface area contributed by atoms with Crippen molar-refractivity contribution in [1.82, 2.24) is 10.2 Å². The van der Waals surface area contributed by atoms with Crippen LogP contribution in [0.25, 0.3) is 0 Å². The maximum absolute atomic E-state index is 5.02. The smallest absolute Gasteiger partial charge is 0.0474 e. The first-order valence-corrected chi connectivity index (χ1v) is 5.74. The molecule has 0 saturated heterocycles. The predicted octanol–water partition coefficient (Wildman–Crippen LogP) is 1.10. The van der Waals surface area contributed by atoms with Crippen LogP contribution in [0.15, 0.2) is 0 Å². The van der Waals surface area contributed by atoms with Gasteiger partial charge in [0.05, 0.1) is 0 Å². The molecule has 1 saturated carbocycles. The Morgan fingerprint density at radius 1 is 1.29 bits per heavy atom. The number of hydrogen-bond acceptors (Lipinski definition) is 3. The molecule has 0 aromatic carbocycles. The third kappa shape index (κ3) is 6.35. The molecule has 0 amide bonds. The summed E-state index contributed by atoms with van der Waals surface area (Å²) in [5.74, 6) is 0. The van der Waals surface area contributed by atoms with Crippen LogP contribution in [0.2, 0.25) is 0 Å². The average molecular weight is 200 g/mol. The highest BCUT2D eigenvalue weighted by Crippen LogP contribution is 2.18. The Hall–Kier alpha value is -0.120. The Labute approximate surface area is 87.8 Å². The van der Waals surface area contributed by atoms with Gasteiger partial charge in [0.2, 0.25) is 0 Å². The molecule has 1 aliphatic carbocycles. The zero-order valence-corrected chi connectivity index (χ0v) is 9.59. The standard InChI is InChI=1S/C11H24N2O/c1-13(9-4-10-14-2)8-3-7-12-11-5-6-11/h11-12H,3-10H2,1-2H3. The fraction of sp³-hybridized carbons (Fsp3) is 1.00. The molecule has 84 valence electrons. The molecule has 0 aromatic rings. The SMILES string of the molecule is COCCCN(C)CCCNC1CC1. The molecule has 0 aromatic heterocycles. The third-order valence-electron chi connectivity index (χ3n) is 2.62. The van der Waals surface area contributed by atoms with Crippen molar-refractivity contribution in [3.8, 4) is 0 Å². The van der Waals surface area contributed by atoms with Gasteiger partial charge in [-0.2, -0.15) is 0 Å². The molecule has 0 heterocycles. The predicted molar refractivity (Wildman–Crippen MR) is 59.6 cm³/mol. The van der Waals surface area contributed by atoms with E-state index in [1.165, 1.54) is 32.4 Å². The van der Waals surface area contributed by atoms with Crippen LogP contribution in [0.5, 0.6) is 0 Å². The van der Waals surface area contributed by atoms with Crippen LogP contribution in [0, 0.1) is 0 Å². The number of methoxy groups -OCH3 is 1. The fourth-order valence-corrected chi connectivity index (χ4v) is 1.53. The molecule has 14 heavy (non-hydrogen) atoms. The average Bonchev–Trinajstić information content (AvgIpc) is 2.97. The van der Waals surface area contributed by atoms with Crippen LogP contribution in [-0.2, 0) is 4.74 Å². The normalized spacial score (nSPS) is 16.5. The Morgan fingerprint density at radius 3 is 2.64 bits per heavy atom. The van der Waals surface area contributed by atoms with Crippen molar-refractivity contribution in [2.45, 2.75) is 31.7 Å². The van der Waals surface area contributed by atoms with E-state index in [1.54, 1.807) is 7.11 Å². The van der Waals surface area contributed by atoms with Crippen LogP contribution in [-0.4, -0.2) is 51.3 Å². The topological polar surface area (TPSA) is 24.5 Å². The molecule has 0 aliphatic heterocycles. The Bertz CT molecular complexity index is 137. The van der Waals surface area contributed by atoms with Crippen LogP contribution >= 0.6 is 0 Å². The summed E-state index contributed by atoms with van der Waals surface area (Å²) in [6.07, 6.45) is 5.19. The highest BCUT2D eigenvalue weighted by Gasteiger charge is 2.19. The highest BCUT2D eigenvalue weighted by molar-refractivity contribution is 4.80. The maximum Gasteiger partial charge on any atom is 0.0474 e. The van der Waals surface area contributed by atoms with Crippen molar-refractivity contribution < 1.29 is 4.74 Å². The van der Waals surface area contributed by atoms with Gasteiger partial charge in [0.1, 0.15) is 0 Å². The molecule has 1 rings (SSSR count). The van der Waals surface area contributed by atoms with E-state index in [4.69, 9.17) is 4.74 Å². The van der Waals surface area contributed by atoms with E-state index in [-0.39, 0.29) is 0 Å². The van der Waals surface area contributed by atoms with Gasteiger partial charge >= 0.3 is 0 Å². The van der Waals surface area contributed by atoms with Crippen LogP contribution in [0.3, 0.4) is 0 Å². The molecule has 0 unspecified atom stereocenters. The van der Waals surface area contributed by atoms with Crippen LogP contribution in [0.1, 0.15) is 25.7 Å². The lowest BCUT2D eigenvalue weighted by Crippen LogP contribution is -2.26. The molecule has 0 atom stereocenters. The summed E-state index contributed by atoms with van der Waals surface area (Å²) in [5.41, 5.74) is 0. The molecule has 1 aliphatic rings. The zero-order chi connectivity index (χ0) is 10.2. The van der Waals surface area contributed by atoms with Crippen molar-refractivity contribution in [1.29, 1.82) is 0 Å². The molecular formula is C11H24N2O.